The van der Waals surface area contributed by atoms with E-state index < -0.39 is 0 Å². The molecule has 0 saturated carbocycles. The Morgan fingerprint density at radius 1 is 0.882 bits per heavy atom. The first-order valence-electron chi connectivity index (χ1n) is 5.44. The summed E-state index contributed by atoms with van der Waals surface area (Å²) in [4.78, 5) is 11.6. The van der Waals surface area contributed by atoms with E-state index in [1.807, 2.05) is 36.8 Å². The summed E-state index contributed by atoms with van der Waals surface area (Å²) in [7, 11) is 0. The second-order valence-corrected chi connectivity index (χ2v) is 3.77. The summed E-state index contributed by atoms with van der Waals surface area (Å²) in [6.45, 7) is 0. The van der Waals surface area contributed by atoms with Gasteiger partial charge in [0.15, 0.2) is 0 Å². The van der Waals surface area contributed by atoms with Crippen LogP contribution in [0.2, 0.25) is 0 Å². The lowest BCUT2D eigenvalue weighted by Crippen LogP contribution is -1.85. The number of aromatic amines is 1. The van der Waals surface area contributed by atoms with Gasteiger partial charge in [-0.1, -0.05) is 30.3 Å². The largest absolute Gasteiger partial charge is 0.345 e. The van der Waals surface area contributed by atoms with E-state index in [0.29, 0.717) is 0 Å². The van der Waals surface area contributed by atoms with Crippen LogP contribution in [-0.4, -0.2) is 15.0 Å². The Morgan fingerprint density at radius 2 is 1.71 bits per heavy atom. The van der Waals surface area contributed by atoms with Crippen molar-refractivity contribution in [2.24, 2.45) is 0 Å². The molecule has 3 aromatic rings. The van der Waals surface area contributed by atoms with Crippen LogP contribution in [0.15, 0.2) is 61.2 Å². The van der Waals surface area contributed by atoms with Gasteiger partial charge < -0.3 is 4.98 Å². The zero-order valence-electron chi connectivity index (χ0n) is 9.17. The molecule has 17 heavy (non-hydrogen) atoms. The Morgan fingerprint density at radius 3 is 2.47 bits per heavy atom. The fraction of sp³-hybridized carbons (Fsp3) is 0. The quantitative estimate of drug-likeness (QED) is 0.722. The predicted molar refractivity (Wildman–Crippen MR) is 67.3 cm³/mol. The van der Waals surface area contributed by atoms with Gasteiger partial charge in [-0.15, -0.1) is 0 Å². The van der Waals surface area contributed by atoms with Gasteiger partial charge in [0.05, 0.1) is 0 Å². The second-order valence-electron chi connectivity index (χ2n) is 3.77. The van der Waals surface area contributed by atoms with E-state index in [1.165, 1.54) is 0 Å². The van der Waals surface area contributed by atoms with Gasteiger partial charge in [0.1, 0.15) is 5.82 Å². The van der Waals surface area contributed by atoms with Crippen LogP contribution in [0.3, 0.4) is 0 Å². The molecule has 0 aliphatic carbocycles. The maximum Gasteiger partial charge on any atom is 0.138 e. The van der Waals surface area contributed by atoms with Crippen molar-refractivity contribution in [2.45, 2.75) is 0 Å². The summed E-state index contributed by atoms with van der Waals surface area (Å²) < 4.78 is 0. The number of aromatic nitrogens is 3. The lowest BCUT2D eigenvalue weighted by atomic mass is 10.1. The van der Waals surface area contributed by atoms with Crippen molar-refractivity contribution in [1.29, 1.82) is 0 Å². The Balaban J connectivity index is 2.06. The molecule has 1 N–H and O–H groups in total. The van der Waals surface area contributed by atoms with Crippen molar-refractivity contribution >= 4 is 0 Å². The van der Waals surface area contributed by atoms with Gasteiger partial charge in [-0.05, 0) is 11.6 Å². The molecular formula is C14H11N3. The molecule has 0 bridgehead atoms. The van der Waals surface area contributed by atoms with E-state index in [9.17, 15) is 0 Å². The Kier molecular flexibility index (Phi) is 2.43. The van der Waals surface area contributed by atoms with Crippen LogP contribution in [0.5, 0.6) is 0 Å². The summed E-state index contributed by atoms with van der Waals surface area (Å²) in [5.74, 6) is 0.843. The normalized spacial score (nSPS) is 10.4. The number of nitrogens with one attached hydrogen (secondary N) is 1. The molecule has 2 heterocycles. The lowest BCUT2D eigenvalue weighted by Gasteiger charge is -2.02. The first-order chi connectivity index (χ1) is 8.43. The summed E-state index contributed by atoms with van der Waals surface area (Å²) in [6, 6.07) is 12.3. The van der Waals surface area contributed by atoms with E-state index in [0.717, 1.165) is 22.5 Å². The van der Waals surface area contributed by atoms with E-state index in [1.54, 1.807) is 6.20 Å². The van der Waals surface area contributed by atoms with Crippen LogP contribution in [0, 0.1) is 0 Å². The Hall–Kier alpha value is -2.42. The predicted octanol–water partition coefficient (Wildman–Crippen LogP) is 3.14. The molecule has 0 fully saturated rings. The van der Waals surface area contributed by atoms with Crippen LogP contribution in [0.1, 0.15) is 0 Å². The number of nitrogens with zero attached hydrogens (tertiary/aromatic N) is 2. The molecule has 0 amide bonds. The molecule has 1 aromatic carbocycles. The monoisotopic (exact) mass is 221 g/mol. The third-order valence-electron chi connectivity index (χ3n) is 2.62. The molecule has 0 aliphatic rings. The van der Waals surface area contributed by atoms with Crippen molar-refractivity contribution in [1.82, 2.24) is 15.0 Å². The SMILES string of the molecule is c1ccc(-c2cncc(-c3ncc[nH]3)c2)cc1. The summed E-state index contributed by atoms with van der Waals surface area (Å²) in [5.41, 5.74) is 3.25. The topological polar surface area (TPSA) is 41.6 Å². The minimum Gasteiger partial charge on any atom is -0.345 e. The first-order valence-corrected chi connectivity index (χ1v) is 5.44. The summed E-state index contributed by atoms with van der Waals surface area (Å²) >= 11 is 0. The molecule has 3 heteroatoms. The van der Waals surface area contributed by atoms with E-state index in [2.05, 4.69) is 33.2 Å². The molecule has 0 unspecified atom stereocenters. The molecule has 0 aliphatic heterocycles. The van der Waals surface area contributed by atoms with Gasteiger partial charge in [-0.2, -0.15) is 0 Å². The average molecular weight is 221 g/mol. The number of H-pyrrole nitrogens is 1. The fourth-order valence-electron chi connectivity index (χ4n) is 1.78. The maximum absolute atomic E-state index is 4.26. The lowest BCUT2D eigenvalue weighted by molar-refractivity contribution is 1.26. The number of pyridine rings is 1. The first kappa shape index (κ1) is 9.78. The number of benzene rings is 1. The van der Waals surface area contributed by atoms with Crippen molar-refractivity contribution in [3.8, 4) is 22.5 Å². The van der Waals surface area contributed by atoms with E-state index in [-0.39, 0.29) is 0 Å². The van der Waals surface area contributed by atoms with Crippen molar-refractivity contribution in [3.05, 3.63) is 61.2 Å². The molecule has 2 aromatic heterocycles. The standard InChI is InChI=1S/C14H11N3/c1-2-4-11(5-3-1)12-8-13(10-15-9-12)14-16-6-7-17-14/h1-10H,(H,16,17). The van der Waals surface area contributed by atoms with Gasteiger partial charge in [0.25, 0.3) is 0 Å². The van der Waals surface area contributed by atoms with Gasteiger partial charge in [0, 0.05) is 35.9 Å². The van der Waals surface area contributed by atoms with E-state index in [4.69, 9.17) is 0 Å². The molecule has 0 atom stereocenters. The third-order valence-corrected chi connectivity index (χ3v) is 2.62. The van der Waals surface area contributed by atoms with Crippen LogP contribution in [-0.2, 0) is 0 Å². The van der Waals surface area contributed by atoms with Gasteiger partial charge in [0.2, 0.25) is 0 Å². The Labute approximate surface area is 99.2 Å². The number of imidazole rings is 1. The van der Waals surface area contributed by atoms with Crippen LogP contribution < -0.4 is 0 Å². The van der Waals surface area contributed by atoms with Gasteiger partial charge in [-0.3, -0.25) is 4.98 Å². The fourth-order valence-corrected chi connectivity index (χ4v) is 1.78. The van der Waals surface area contributed by atoms with Crippen LogP contribution >= 0.6 is 0 Å². The average Bonchev–Trinajstić information content (AvgIpc) is 2.94. The zero-order chi connectivity index (χ0) is 11.5. The van der Waals surface area contributed by atoms with Crippen LogP contribution in [0.25, 0.3) is 22.5 Å². The highest BCUT2D eigenvalue weighted by Crippen LogP contribution is 2.22. The van der Waals surface area contributed by atoms with Crippen LogP contribution in [0.4, 0.5) is 0 Å². The van der Waals surface area contributed by atoms with Crippen molar-refractivity contribution in [2.75, 3.05) is 0 Å². The summed E-state index contributed by atoms with van der Waals surface area (Å²) in [6.07, 6.45) is 7.22. The highest BCUT2D eigenvalue weighted by molar-refractivity contribution is 5.68. The molecule has 82 valence electrons. The maximum atomic E-state index is 4.26. The highest BCUT2D eigenvalue weighted by atomic mass is 14.9. The molecule has 3 rings (SSSR count). The summed E-state index contributed by atoms with van der Waals surface area (Å²) in [5, 5.41) is 0. The molecule has 0 radical (unpaired) electrons. The molecule has 0 saturated heterocycles. The minimum atomic E-state index is 0.843. The van der Waals surface area contributed by atoms with Crippen molar-refractivity contribution < 1.29 is 0 Å². The minimum absolute atomic E-state index is 0.843. The van der Waals surface area contributed by atoms with Gasteiger partial charge >= 0.3 is 0 Å². The van der Waals surface area contributed by atoms with Gasteiger partial charge in [-0.25, -0.2) is 4.98 Å². The number of hydrogen-bond acceptors (Lipinski definition) is 2. The smallest absolute Gasteiger partial charge is 0.138 e. The van der Waals surface area contributed by atoms with E-state index >= 15 is 0 Å². The molecule has 0 spiro atoms. The van der Waals surface area contributed by atoms with Crippen molar-refractivity contribution in [3.63, 3.8) is 0 Å². The number of hydrogen-bond donors (Lipinski definition) is 1. The molecular weight excluding hydrogens is 210 g/mol. The number of rotatable bonds is 2. The zero-order valence-corrected chi connectivity index (χ0v) is 9.17. The second kappa shape index (κ2) is 4.22. The highest BCUT2D eigenvalue weighted by Gasteiger charge is 2.03. The third kappa shape index (κ3) is 1.95. The Bertz CT molecular complexity index is 600. The molecule has 3 nitrogen and oxygen atoms in total.